The Kier molecular flexibility index (Phi) is 4.31. The number of para-hydroxylation sites is 2. The van der Waals surface area contributed by atoms with Crippen LogP contribution in [-0.2, 0) is 0 Å². The van der Waals surface area contributed by atoms with Crippen LogP contribution in [0.4, 0.5) is 17.1 Å². The lowest BCUT2D eigenvalue weighted by Gasteiger charge is -2.27. The second-order valence-electron chi connectivity index (χ2n) is 6.45. The highest BCUT2D eigenvalue weighted by Crippen LogP contribution is 2.43. The first-order valence-electron chi connectivity index (χ1n) is 9.12. The molecule has 4 aromatic carbocycles. The van der Waals surface area contributed by atoms with Crippen LogP contribution >= 0.6 is 11.5 Å². The SMILES string of the molecule is c1ccc(-c2c(N(c3ccccc3)c3ccccc3)ccc3snnc23)cc1. The van der Waals surface area contributed by atoms with Crippen molar-refractivity contribution in [2.45, 2.75) is 0 Å². The van der Waals surface area contributed by atoms with Gasteiger partial charge in [-0.2, -0.15) is 0 Å². The Morgan fingerprint density at radius 1 is 0.607 bits per heavy atom. The van der Waals surface area contributed by atoms with Crippen molar-refractivity contribution in [3.63, 3.8) is 0 Å². The first-order chi connectivity index (χ1) is 13.9. The largest absolute Gasteiger partial charge is 0.310 e. The molecule has 28 heavy (non-hydrogen) atoms. The summed E-state index contributed by atoms with van der Waals surface area (Å²) in [4.78, 5) is 2.28. The van der Waals surface area contributed by atoms with Crippen LogP contribution in [-0.4, -0.2) is 9.59 Å². The standard InChI is InChI=1S/C24H17N3S/c1-4-10-18(11-5-1)23-21(16-17-22-24(23)25-26-28-22)27(19-12-6-2-7-13-19)20-14-8-3-9-15-20/h1-17H. The fourth-order valence-corrected chi connectivity index (χ4v) is 4.07. The van der Waals surface area contributed by atoms with Crippen LogP contribution in [0.1, 0.15) is 0 Å². The van der Waals surface area contributed by atoms with E-state index in [0.29, 0.717) is 0 Å². The van der Waals surface area contributed by atoms with Crippen LogP contribution < -0.4 is 4.90 Å². The fraction of sp³-hybridized carbons (Fsp3) is 0. The Hall–Kier alpha value is -3.50. The molecule has 0 N–H and O–H groups in total. The van der Waals surface area contributed by atoms with Gasteiger partial charge in [0.2, 0.25) is 0 Å². The molecule has 0 aliphatic rings. The van der Waals surface area contributed by atoms with E-state index in [0.717, 1.165) is 38.4 Å². The van der Waals surface area contributed by atoms with E-state index in [1.54, 1.807) is 0 Å². The number of fused-ring (bicyclic) bond motifs is 1. The van der Waals surface area contributed by atoms with Crippen molar-refractivity contribution < 1.29 is 0 Å². The van der Waals surface area contributed by atoms with Crippen LogP contribution in [0.25, 0.3) is 21.3 Å². The summed E-state index contributed by atoms with van der Waals surface area (Å²) in [6.07, 6.45) is 0. The van der Waals surface area contributed by atoms with Crippen molar-refractivity contribution in [2.75, 3.05) is 4.90 Å². The van der Waals surface area contributed by atoms with Crippen molar-refractivity contribution >= 4 is 38.8 Å². The van der Waals surface area contributed by atoms with E-state index >= 15 is 0 Å². The van der Waals surface area contributed by atoms with E-state index in [9.17, 15) is 0 Å². The lowest BCUT2D eigenvalue weighted by molar-refractivity contribution is 1.20. The maximum absolute atomic E-state index is 4.47. The monoisotopic (exact) mass is 379 g/mol. The van der Waals surface area contributed by atoms with Gasteiger partial charge >= 0.3 is 0 Å². The molecular weight excluding hydrogens is 362 g/mol. The Morgan fingerprint density at radius 3 is 1.79 bits per heavy atom. The molecule has 4 heteroatoms. The Morgan fingerprint density at radius 2 is 1.18 bits per heavy atom. The molecule has 0 unspecified atom stereocenters. The predicted molar refractivity (Wildman–Crippen MR) is 118 cm³/mol. The average Bonchev–Trinajstić information content (AvgIpc) is 3.25. The smallest absolute Gasteiger partial charge is 0.115 e. The molecule has 5 aromatic rings. The summed E-state index contributed by atoms with van der Waals surface area (Å²) >= 11 is 1.43. The molecule has 0 bridgehead atoms. The summed E-state index contributed by atoms with van der Waals surface area (Å²) in [5.41, 5.74) is 6.46. The summed E-state index contributed by atoms with van der Waals surface area (Å²) in [5, 5.41) is 4.47. The molecule has 0 aliphatic heterocycles. The van der Waals surface area contributed by atoms with E-state index in [4.69, 9.17) is 0 Å². The summed E-state index contributed by atoms with van der Waals surface area (Å²) < 4.78 is 5.29. The maximum atomic E-state index is 4.47. The Labute approximate surface area is 167 Å². The molecule has 0 saturated heterocycles. The Bertz CT molecular complexity index is 1160. The van der Waals surface area contributed by atoms with Crippen LogP contribution in [0.5, 0.6) is 0 Å². The van der Waals surface area contributed by atoms with Gasteiger partial charge in [0.25, 0.3) is 0 Å². The zero-order valence-corrected chi connectivity index (χ0v) is 15.9. The summed E-state index contributed by atoms with van der Waals surface area (Å²) in [5.74, 6) is 0. The highest BCUT2D eigenvalue weighted by molar-refractivity contribution is 7.13. The lowest BCUT2D eigenvalue weighted by Crippen LogP contribution is -2.11. The number of hydrogen-bond donors (Lipinski definition) is 0. The molecule has 0 fully saturated rings. The van der Waals surface area contributed by atoms with Crippen molar-refractivity contribution in [3.05, 3.63) is 103 Å². The third kappa shape index (κ3) is 2.94. The zero-order valence-electron chi connectivity index (χ0n) is 15.1. The molecule has 1 aromatic heterocycles. The van der Waals surface area contributed by atoms with E-state index in [1.165, 1.54) is 11.5 Å². The second kappa shape index (κ2) is 7.25. The first-order valence-corrected chi connectivity index (χ1v) is 9.90. The van der Waals surface area contributed by atoms with Gasteiger partial charge in [0.05, 0.1) is 10.4 Å². The van der Waals surface area contributed by atoms with Crippen LogP contribution in [0.3, 0.4) is 0 Å². The third-order valence-corrected chi connectivity index (χ3v) is 5.42. The van der Waals surface area contributed by atoms with Crippen LogP contribution in [0.15, 0.2) is 103 Å². The number of nitrogens with zero attached hydrogens (tertiary/aromatic N) is 3. The minimum absolute atomic E-state index is 0.936. The summed E-state index contributed by atoms with van der Waals surface area (Å²) in [6.45, 7) is 0. The predicted octanol–water partition coefficient (Wildman–Crippen LogP) is 6.83. The fourth-order valence-electron chi connectivity index (χ4n) is 3.50. The first kappa shape index (κ1) is 16.7. The molecule has 0 atom stereocenters. The number of hydrogen-bond acceptors (Lipinski definition) is 4. The van der Waals surface area contributed by atoms with Gasteiger partial charge in [0.1, 0.15) is 5.52 Å². The zero-order chi connectivity index (χ0) is 18.8. The molecule has 3 nitrogen and oxygen atoms in total. The Balaban J connectivity index is 1.83. The minimum atomic E-state index is 0.936. The molecule has 0 radical (unpaired) electrons. The van der Waals surface area contributed by atoms with Gasteiger partial charge < -0.3 is 4.90 Å². The van der Waals surface area contributed by atoms with E-state index in [-0.39, 0.29) is 0 Å². The highest BCUT2D eigenvalue weighted by Gasteiger charge is 2.20. The van der Waals surface area contributed by atoms with Crippen LogP contribution in [0, 0.1) is 0 Å². The number of aromatic nitrogens is 2. The number of anilines is 3. The van der Waals surface area contributed by atoms with Crippen molar-refractivity contribution in [3.8, 4) is 11.1 Å². The van der Waals surface area contributed by atoms with Gasteiger partial charge in [-0.15, -0.1) is 5.10 Å². The summed E-state index contributed by atoms with van der Waals surface area (Å²) in [7, 11) is 0. The van der Waals surface area contributed by atoms with E-state index in [1.807, 2.05) is 18.2 Å². The molecule has 134 valence electrons. The van der Waals surface area contributed by atoms with Gasteiger partial charge in [-0.1, -0.05) is 71.2 Å². The lowest BCUT2D eigenvalue weighted by atomic mass is 10.0. The van der Waals surface area contributed by atoms with Gasteiger partial charge in [-0.3, -0.25) is 0 Å². The van der Waals surface area contributed by atoms with Gasteiger partial charge in [0, 0.05) is 16.9 Å². The molecule has 1 heterocycles. The van der Waals surface area contributed by atoms with Crippen molar-refractivity contribution in [2.24, 2.45) is 0 Å². The minimum Gasteiger partial charge on any atom is -0.310 e. The highest BCUT2D eigenvalue weighted by atomic mass is 32.1. The normalized spacial score (nSPS) is 10.9. The number of benzene rings is 4. The average molecular weight is 379 g/mol. The van der Waals surface area contributed by atoms with E-state index in [2.05, 4.69) is 99.4 Å². The molecule has 0 aliphatic carbocycles. The van der Waals surface area contributed by atoms with Gasteiger partial charge in [0.15, 0.2) is 0 Å². The molecule has 5 rings (SSSR count). The second-order valence-corrected chi connectivity index (χ2v) is 7.24. The van der Waals surface area contributed by atoms with Crippen molar-refractivity contribution in [1.82, 2.24) is 9.59 Å². The van der Waals surface area contributed by atoms with Gasteiger partial charge in [-0.25, -0.2) is 0 Å². The molecule has 0 amide bonds. The summed E-state index contributed by atoms with van der Waals surface area (Å²) in [6, 6.07) is 35.6. The molecule has 0 saturated carbocycles. The number of rotatable bonds is 4. The van der Waals surface area contributed by atoms with E-state index < -0.39 is 0 Å². The van der Waals surface area contributed by atoms with Gasteiger partial charge in [-0.05, 0) is 53.5 Å². The maximum Gasteiger partial charge on any atom is 0.115 e. The molecular formula is C24H17N3S. The van der Waals surface area contributed by atoms with Crippen LogP contribution in [0.2, 0.25) is 0 Å². The topological polar surface area (TPSA) is 29.0 Å². The quantitative estimate of drug-likeness (QED) is 0.343. The third-order valence-electron chi connectivity index (χ3n) is 4.73. The van der Waals surface area contributed by atoms with Crippen molar-refractivity contribution in [1.29, 1.82) is 0 Å². The molecule has 0 spiro atoms.